The lowest BCUT2D eigenvalue weighted by molar-refractivity contribution is 0.0683. The Morgan fingerprint density at radius 3 is 2.71 bits per heavy atom. The zero-order chi connectivity index (χ0) is 16.9. The fourth-order valence-corrected chi connectivity index (χ4v) is 3.68. The summed E-state index contributed by atoms with van der Waals surface area (Å²) in [5.74, 6) is 0.692. The van der Waals surface area contributed by atoms with Gasteiger partial charge in [0.25, 0.3) is 5.91 Å². The van der Waals surface area contributed by atoms with Crippen molar-refractivity contribution >= 4 is 21.8 Å². The van der Waals surface area contributed by atoms with Crippen molar-refractivity contribution < 1.29 is 4.79 Å². The average Bonchev–Trinajstić information content (AvgIpc) is 3.02. The first-order chi connectivity index (χ1) is 11.7. The van der Waals surface area contributed by atoms with Crippen molar-refractivity contribution in [2.75, 3.05) is 26.2 Å². The Labute approximate surface area is 151 Å². The zero-order valence-corrected chi connectivity index (χ0v) is 15.5. The van der Waals surface area contributed by atoms with E-state index in [4.69, 9.17) is 0 Å². The van der Waals surface area contributed by atoms with E-state index in [0.29, 0.717) is 11.6 Å². The first-order valence-electron chi connectivity index (χ1n) is 8.50. The molecule has 5 nitrogen and oxygen atoms in total. The van der Waals surface area contributed by atoms with E-state index in [1.807, 2.05) is 35.2 Å². The molecule has 24 heavy (non-hydrogen) atoms. The molecule has 0 bridgehead atoms. The normalized spacial score (nSPS) is 15.7. The number of H-pyrrole nitrogens is 1. The van der Waals surface area contributed by atoms with Gasteiger partial charge in [0.1, 0.15) is 11.4 Å². The van der Waals surface area contributed by atoms with E-state index in [2.05, 4.69) is 38.4 Å². The number of aromatic nitrogens is 2. The minimum Gasteiger partial charge on any atom is -0.337 e. The van der Waals surface area contributed by atoms with Gasteiger partial charge in [-0.2, -0.15) is 5.10 Å². The Kier molecular flexibility index (Phi) is 5.68. The lowest BCUT2D eigenvalue weighted by atomic mass is 9.96. The number of benzene rings is 1. The van der Waals surface area contributed by atoms with E-state index in [-0.39, 0.29) is 5.91 Å². The van der Waals surface area contributed by atoms with Crippen LogP contribution in [0.15, 0.2) is 34.8 Å². The summed E-state index contributed by atoms with van der Waals surface area (Å²) in [6.45, 7) is 5.79. The largest absolute Gasteiger partial charge is 0.337 e. The highest BCUT2D eigenvalue weighted by atomic mass is 79.9. The van der Waals surface area contributed by atoms with Crippen molar-refractivity contribution in [1.29, 1.82) is 0 Å². The number of carbonyl (C=O) groups excluding carboxylic acids is 1. The molecule has 2 heterocycles. The number of amides is 1. The van der Waals surface area contributed by atoms with Crippen LogP contribution in [0.1, 0.15) is 30.3 Å². The molecular weight excluding hydrogens is 368 g/mol. The molecule has 1 aromatic heterocycles. The maximum atomic E-state index is 12.8. The molecule has 0 aliphatic carbocycles. The molecule has 0 atom stereocenters. The van der Waals surface area contributed by atoms with Gasteiger partial charge in [0.2, 0.25) is 0 Å². The molecule has 1 aliphatic heterocycles. The van der Waals surface area contributed by atoms with Gasteiger partial charge in [-0.25, -0.2) is 0 Å². The zero-order valence-electron chi connectivity index (χ0n) is 13.9. The number of aromatic amines is 1. The standard InChI is InChI=1S/C18H23BrN4O/c1-2-20-12-13-8-10-23(11-9-13)18(24)17-15(19)16(21-22-17)14-6-4-3-5-7-14/h3-7,13,20H,2,8-12H2,1H3,(H,21,22). The monoisotopic (exact) mass is 390 g/mol. The summed E-state index contributed by atoms with van der Waals surface area (Å²) in [5.41, 5.74) is 2.31. The Balaban J connectivity index is 1.67. The van der Waals surface area contributed by atoms with Crippen molar-refractivity contribution in [2.45, 2.75) is 19.8 Å². The summed E-state index contributed by atoms with van der Waals surface area (Å²) in [4.78, 5) is 14.7. The fourth-order valence-electron chi connectivity index (χ4n) is 3.10. The highest BCUT2D eigenvalue weighted by molar-refractivity contribution is 9.10. The van der Waals surface area contributed by atoms with E-state index in [1.54, 1.807) is 0 Å². The highest BCUT2D eigenvalue weighted by Gasteiger charge is 2.27. The lowest BCUT2D eigenvalue weighted by Crippen LogP contribution is -2.41. The van der Waals surface area contributed by atoms with E-state index in [0.717, 1.165) is 54.8 Å². The summed E-state index contributed by atoms with van der Waals surface area (Å²) < 4.78 is 0.744. The van der Waals surface area contributed by atoms with Crippen LogP contribution in [0, 0.1) is 5.92 Å². The number of carbonyl (C=O) groups is 1. The lowest BCUT2D eigenvalue weighted by Gasteiger charge is -2.31. The molecule has 0 unspecified atom stereocenters. The van der Waals surface area contributed by atoms with Crippen molar-refractivity contribution in [3.8, 4) is 11.3 Å². The quantitative estimate of drug-likeness (QED) is 0.822. The molecule has 1 aliphatic rings. The van der Waals surface area contributed by atoms with Crippen LogP contribution < -0.4 is 5.32 Å². The first kappa shape index (κ1) is 17.2. The Morgan fingerprint density at radius 2 is 2.04 bits per heavy atom. The molecule has 2 aromatic rings. The van der Waals surface area contributed by atoms with Crippen LogP contribution in [-0.2, 0) is 0 Å². The molecule has 1 amide bonds. The SMILES string of the molecule is CCNCC1CCN(C(=O)c2[nH]nc(-c3ccccc3)c2Br)CC1. The van der Waals surface area contributed by atoms with Gasteiger partial charge >= 0.3 is 0 Å². The molecule has 1 fully saturated rings. The molecule has 128 valence electrons. The number of halogens is 1. The van der Waals surface area contributed by atoms with Gasteiger partial charge in [0, 0.05) is 18.7 Å². The van der Waals surface area contributed by atoms with Gasteiger partial charge in [-0.3, -0.25) is 9.89 Å². The Hall–Kier alpha value is -1.66. The maximum absolute atomic E-state index is 12.8. The number of likely N-dealkylation sites (tertiary alicyclic amines) is 1. The van der Waals surface area contributed by atoms with Crippen molar-refractivity contribution in [2.24, 2.45) is 5.92 Å². The minimum atomic E-state index is 0.0263. The highest BCUT2D eigenvalue weighted by Crippen LogP contribution is 2.30. The van der Waals surface area contributed by atoms with Gasteiger partial charge in [-0.05, 0) is 47.8 Å². The van der Waals surface area contributed by atoms with Gasteiger partial charge < -0.3 is 10.2 Å². The number of hydrogen-bond acceptors (Lipinski definition) is 3. The average molecular weight is 391 g/mol. The van der Waals surface area contributed by atoms with E-state index in [1.165, 1.54) is 0 Å². The second kappa shape index (κ2) is 7.94. The smallest absolute Gasteiger partial charge is 0.273 e. The van der Waals surface area contributed by atoms with Crippen molar-refractivity contribution in [3.63, 3.8) is 0 Å². The van der Waals surface area contributed by atoms with Crippen LogP contribution in [0.3, 0.4) is 0 Å². The van der Waals surface area contributed by atoms with Crippen LogP contribution in [0.5, 0.6) is 0 Å². The van der Waals surface area contributed by atoms with Crippen molar-refractivity contribution in [1.82, 2.24) is 20.4 Å². The molecule has 1 aromatic carbocycles. The van der Waals surface area contributed by atoms with E-state index in [9.17, 15) is 4.79 Å². The van der Waals surface area contributed by atoms with Gasteiger partial charge in [0.05, 0.1) is 4.47 Å². The van der Waals surface area contributed by atoms with Gasteiger partial charge in [-0.1, -0.05) is 37.3 Å². The number of nitrogens with zero attached hydrogens (tertiary/aromatic N) is 2. The van der Waals surface area contributed by atoms with Gasteiger partial charge in [0.15, 0.2) is 0 Å². The molecule has 0 spiro atoms. The number of piperidine rings is 1. The molecule has 0 saturated carbocycles. The first-order valence-corrected chi connectivity index (χ1v) is 9.29. The minimum absolute atomic E-state index is 0.0263. The van der Waals surface area contributed by atoms with Crippen LogP contribution in [0.2, 0.25) is 0 Å². The number of hydrogen-bond donors (Lipinski definition) is 2. The third kappa shape index (κ3) is 3.70. The third-order valence-corrected chi connectivity index (χ3v) is 5.32. The second-order valence-electron chi connectivity index (χ2n) is 6.17. The fraction of sp³-hybridized carbons (Fsp3) is 0.444. The Morgan fingerprint density at radius 1 is 1.33 bits per heavy atom. The second-order valence-corrected chi connectivity index (χ2v) is 6.96. The summed E-state index contributed by atoms with van der Waals surface area (Å²) in [6, 6.07) is 9.87. The number of nitrogens with one attached hydrogen (secondary N) is 2. The third-order valence-electron chi connectivity index (χ3n) is 4.55. The Bertz CT molecular complexity index is 678. The summed E-state index contributed by atoms with van der Waals surface area (Å²) in [7, 11) is 0. The van der Waals surface area contributed by atoms with Crippen LogP contribution in [0.25, 0.3) is 11.3 Å². The van der Waals surface area contributed by atoms with Crippen LogP contribution >= 0.6 is 15.9 Å². The molecular formula is C18H23BrN4O. The van der Waals surface area contributed by atoms with E-state index < -0.39 is 0 Å². The topological polar surface area (TPSA) is 61.0 Å². The molecule has 0 radical (unpaired) electrons. The molecule has 2 N–H and O–H groups in total. The summed E-state index contributed by atoms with van der Waals surface area (Å²) in [5, 5.41) is 10.6. The predicted molar refractivity (Wildman–Crippen MR) is 98.9 cm³/mol. The van der Waals surface area contributed by atoms with Crippen LogP contribution in [-0.4, -0.2) is 47.2 Å². The summed E-state index contributed by atoms with van der Waals surface area (Å²) >= 11 is 3.55. The molecule has 3 rings (SSSR count). The molecule has 1 saturated heterocycles. The molecule has 6 heteroatoms. The van der Waals surface area contributed by atoms with Crippen molar-refractivity contribution in [3.05, 3.63) is 40.5 Å². The maximum Gasteiger partial charge on any atom is 0.273 e. The predicted octanol–water partition coefficient (Wildman–Crippen LogP) is 3.30. The number of rotatable bonds is 5. The van der Waals surface area contributed by atoms with Gasteiger partial charge in [-0.15, -0.1) is 0 Å². The van der Waals surface area contributed by atoms with E-state index >= 15 is 0 Å². The van der Waals surface area contributed by atoms with Crippen LogP contribution in [0.4, 0.5) is 0 Å². The summed E-state index contributed by atoms with van der Waals surface area (Å²) in [6.07, 6.45) is 2.10.